The zero-order chi connectivity index (χ0) is 9.35. The molecule has 0 unspecified atom stereocenters. The Hall–Kier alpha value is -0.210. The first-order valence-electron chi connectivity index (χ1n) is 3.97. The monoisotopic (exact) mass is 263 g/mol. The zero-order valence-corrected chi connectivity index (χ0v) is 10.5. The third-order valence-electron chi connectivity index (χ3n) is 1.87. The molecule has 1 aromatic carbocycles. The Morgan fingerprint density at radius 1 is 1.23 bits per heavy atom. The minimum absolute atomic E-state index is 0. The molecule has 0 amide bonds. The summed E-state index contributed by atoms with van der Waals surface area (Å²) in [7, 11) is 0. The minimum atomic E-state index is 0. The summed E-state index contributed by atoms with van der Waals surface area (Å²) in [5.41, 5.74) is 7.97. The average Bonchev–Trinajstić information content (AvgIpc) is 1.92. The van der Waals surface area contributed by atoms with Crippen LogP contribution >= 0.6 is 28.3 Å². The maximum atomic E-state index is 5.69. The van der Waals surface area contributed by atoms with Gasteiger partial charge in [0.05, 0.1) is 0 Å². The molecule has 0 aliphatic heterocycles. The van der Waals surface area contributed by atoms with Gasteiger partial charge in [0, 0.05) is 10.2 Å². The smallest absolute Gasteiger partial charge is 0.0458 e. The van der Waals surface area contributed by atoms with Crippen molar-refractivity contribution < 1.29 is 0 Å². The molecular formula is C10H15BrClN. The zero-order valence-electron chi connectivity index (χ0n) is 8.10. The van der Waals surface area contributed by atoms with Crippen LogP contribution in [-0.2, 0) is 5.41 Å². The lowest BCUT2D eigenvalue weighted by Crippen LogP contribution is -2.10. The molecule has 0 saturated heterocycles. The number of hydrogen-bond acceptors (Lipinski definition) is 1. The Morgan fingerprint density at radius 2 is 1.77 bits per heavy atom. The minimum Gasteiger partial charge on any atom is -0.398 e. The van der Waals surface area contributed by atoms with Crippen molar-refractivity contribution in [3.8, 4) is 0 Å². The van der Waals surface area contributed by atoms with Crippen molar-refractivity contribution in [2.24, 2.45) is 0 Å². The molecule has 0 atom stereocenters. The van der Waals surface area contributed by atoms with Crippen LogP contribution in [0, 0.1) is 0 Å². The van der Waals surface area contributed by atoms with E-state index in [-0.39, 0.29) is 17.8 Å². The maximum Gasteiger partial charge on any atom is 0.0458 e. The van der Waals surface area contributed by atoms with E-state index in [0.717, 1.165) is 10.2 Å². The average molecular weight is 265 g/mol. The van der Waals surface area contributed by atoms with E-state index in [1.807, 2.05) is 6.07 Å². The second-order valence-electron chi connectivity index (χ2n) is 3.99. The summed E-state index contributed by atoms with van der Waals surface area (Å²) in [6, 6.07) is 6.08. The molecule has 2 N–H and O–H groups in total. The molecule has 0 aliphatic carbocycles. The van der Waals surface area contributed by atoms with Crippen molar-refractivity contribution >= 4 is 34.0 Å². The number of anilines is 1. The molecule has 0 heterocycles. The fourth-order valence-corrected chi connectivity index (χ4v) is 1.37. The molecule has 13 heavy (non-hydrogen) atoms. The van der Waals surface area contributed by atoms with Gasteiger partial charge >= 0.3 is 0 Å². The Balaban J connectivity index is 0.00000144. The van der Waals surface area contributed by atoms with Gasteiger partial charge in [-0.1, -0.05) is 26.8 Å². The number of benzene rings is 1. The van der Waals surface area contributed by atoms with Crippen LogP contribution in [-0.4, -0.2) is 0 Å². The third kappa shape index (κ3) is 3.20. The molecule has 0 bridgehead atoms. The van der Waals surface area contributed by atoms with E-state index in [1.165, 1.54) is 5.56 Å². The predicted octanol–water partition coefficient (Wildman–Crippen LogP) is 3.75. The van der Waals surface area contributed by atoms with Crippen LogP contribution in [0.15, 0.2) is 22.7 Å². The van der Waals surface area contributed by atoms with Crippen molar-refractivity contribution in [3.05, 3.63) is 28.2 Å². The first kappa shape index (κ1) is 12.8. The predicted molar refractivity (Wildman–Crippen MR) is 64.5 cm³/mol. The van der Waals surface area contributed by atoms with Gasteiger partial charge in [-0.2, -0.15) is 0 Å². The van der Waals surface area contributed by atoms with Crippen molar-refractivity contribution in [1.29, 1.82) is 0 Å². The van der Waals surface area contributed by atoms with Gasteiger partial charge in [0.2, 0.25) is 0 Å². The number of nitrogen functional groups attached to an aromatic ring is 1. The molecule has 1 nitrogen and oxygen atoms in total. The third-order valence-corrected chi connectivity index (χ3v) is 2.55. The van der Waals surface area contributed by atoms with E-state index < -0.39 is 0 Å². The Kier molecular flexibility index (Phi) is 4.27. The standard InChI is InChI=1S/C10H14BrN.ClH/c1-10(2,3)7-4-5-9(12)8(11)6-7;/h4-6H,12H2,1-3H3;1H. The Labute approximate surface area is 94.3 Å². The molecule has 3 heteroatoms. The lowest BCUT2D eigenvalue weighted by Gasteiger charge is -2.19. The van der Waals surface area contributed by atoms with E-state index in [4.69, 9.17) is 5.73 Å². The van der Waals surface area contributed by atoms with Crippen molar-refractivity contribution in [3.63, 3.8) is 0 Å². The molecular weight excluding hydrogens is 249 g/mol. The van der Waals surface area contributed by atoms with Crippen LogP contribution < -0.4 is 5.73 Å². The van der Waals surface area contributed by atoms with Gasteiger partial charge < -0.3 is 5.73 Å². The van der Waals surface area contributed by atoms with E-state index in [2.05, 4.69) is 48.8 Å². The normalized spacial score (nSPS) is 10.8. The Morgan fingerprint density at radius 3 is 2.15 bits per heavy atom. The summed E-state index contributed by atoms with van der Waals surface area (Å²) < 4.78 is 0.981. The highest BCUT2D eigenvalue weighted by molar-refractivity contribution is 9.10. The summed E-state index contributed by atoms with van der Waals surface area (Å²) in [4.78, 5) is 0. The molecule has 0 saturated carbocycles. The topological polar surface area (TPSA) is 26.0 Å². The second-order valence-corrected chi connectivity index (χ2v) is 4.84. The largest absolute Gasteiger partial charge is 0.398 e. The van der Waals surface area contributed by atoms with Gasteiger partial charge in [0.15, 0.2) is 0 Å². The summed E-state index contributed by atoms with van der Waals surface area (Å²) in [5.74, 6) is 0. The van der Waals surface area contributed by atoms with E-state index >= 15 is 0 Å². The van der Waals surface area contributed by atoms with Crippen LogP contribution in [0.25, 0.3) is 0 Å². The highest BCUT2D eigenvalue weighted by Crippen LogP contribution is 2.28. The van der Waals surface area contributed by atoms with Gasteiger partial charge in [0.25, 0.3) is 0 Å². The van der Waals surface area contributed by atoms with Crippen LogP contribution in [0.4, 0.5) is 5.69 Å². The van der Waals surface area contributed by atoms with Crippen LogP contribution in [0.5, 0.6) is 0 Å². The lowest BCUT2D eigenvalue weighted by atomic mass is 9.87. The van der Waals surface area contributed by atoms with Crippen molar-refractivity contribution in [2.75, 3.05) is 5.73 Å². The fraction of sp³-hybridized carbons (Fsp3) is 0.400. The summed E-state index contributed by atoms with van der Waals surface area (Å²) in [5, 5.41) is 0. The highest BCUT2D eigenvalue weighted by Gasteiger charge is 2.13. The first-order chi connectivity index (χ1) is 5.41. The lowest BCUT2D eigenvalue weighted by molar-refractivity contribution is 0.590. The summed E-state index contributed by atoms with van der Waals surface area (Å²) >= 11 is 3.41. The van der Waals surface area contributed by atoms with Gasteiger partial charge in [-0.05, 0) is 39.0 Å². The van der Waals surface area contributed by atoms with E-state index in [0.29, 0.717) is 0 Å². The molecule has 0 fully saturated rings. The molecule has 0 spiro atoms. The second kappa shape index (κ2) is 4.34. The molecule has 0 aromatic heterocycles. The molecule has 74 valence electrons. The first-order valence-corrected chi connectivity index (χ1v) is 4.76. The van der Waals surface area contributed by atoms with Crippen molar-refractivity contribution in [1.82, 2.24) is 0 Å². The fourth-order valence-electron chi connectivity index (χ4n) is 0.994. The Bertz CT molecular complexity index is 291. The van der Waals surface area contributed by atoms with E-state index in [1.54, 1.807) is 0 Å². The quantitative estimate of drug-likeness (QED) is 0.710. The maximum absolute atomic E-state index is 5.69. The van der Waals surface area contributed by atoms with Gasteiger partial charge in [-0.3, -0.25) is 0 Å². The SMILES string of the molecule is CC(C)(C)c1ccc(N)c(Br)c1.Cl. The van der Waals surface area contributed by atoms with E-state index in [9.17, 15) is 0 Å². The van der Waals surface area contributed by atoms with Gasteiger partial charge in [-0.25, -0.2) is 0 Å². The van der Waals surface area contributed by atoms with Crippen LogP contribution in [0.2, 0.25) is 0 Å². The number of rotatable bonds is 0. The number of halogens is 2. The van der Waals surface area contributed by atoms with Crippen LogP contribution in [0.3, 0.4) is 0 Å². The molecule has 1 rings (SSSR count). The summed E-state index contributed by atoms with van der Waals surface area (Å²) in [6.45, 7) is 6.56. The summed E-state index contributed by atoms with van der Waals surface area (Å²) in [6.07, 6.45) is 0. The van der Waals surface area contributed by atoms with Crippen LogP contribution in [0.1, 0.15) is 26.3 Å². The molecule has 1 aromatic rings. The van der Waals surface area contributed by atoms with Gasteiger partial charge in [0.1, 0.15) is 0 Å². The highest BCUT2D eigenvalue weighted by atomic mass is 79.9. The number of nitrogens with two attached hydrogens (primary N) is 1. The van der Waals surface area contributed by atoms with Crippen molar-refractivity contribution in [2.45, 2.75) is 26.2 Å². The molecule has 0 aliphatic rings. The number of hydrogen-bond donors (Lipinski definition) is 1. The molecule has 0 radical (unpaired) electrons. The van der Waals surface area contributed by atoms with Gasteiger partial charge in [-0.15, -0.1) is 12.4 Å².